The second kappa shape index (κ2) is 2.81. The van der Waals surface area contributed by atoms with E-state index >= 15 is 0 Å². The number of hydrogen-bond acceptors (Lipinski definition) is 3. The summed E-state index contributed by atoms with van der Waals surface area (Å²) >= 11 is 1.49. The van der Waals surface area contributed by atoms with Gasteiger partial charge >= 0.3 is 0 Å². The van der Waals surface area contributed by atoms with Crippen LogP contribution in [0, 0.1) is 6.92 Å². The Labute approximate surface area is 62.8 Å². The summed E-state index contributed by atoms with van der Waals surface area (Å²) in [5.74, 6) is 4.71. The van der Waals surface area contributed by atoms with E-state index in [4.69, 9.17) is 5.84 Å². The molecule has 1 aromatic rings. The van der Waals surface area contributed by atoms with E-state index in [1.54, 1.807) is 5.38 Å². The van der Waals surface area contributed by atoms with Gasteiger partial charge in [0.2, 0.25) is 0 Å². The minimum absolute atomic E-state index is 0.223. The van der Waals surface area contributed by atoms with Crippen molar-refractivity contribution in [1.29, 1.82) is 0 Å². The van der Waals surface area contributed by atoms with E-state index in [0.29, 0.717) is 5.56 Å². The van der Waals surface area contributed by atoms with Crippen LogP contribution >= 0.6 is 11.3 Å². The molecule has 1 rings (SSSR count). The molecule has 1 aromatic heterocycles. The standard InChI is InChI=1S/C6H8N2OS/c1-4-2-10-3-5(4)6(9)8-7/h2-3H,7H2,1H3,(H,8,9). The summed E-state index contributed by atoms with van der Waals surface area (Å²) in [6.45, 7) is 1.88. The van der Waals surface area contributed by atoms with Crippen LogP contribution in [-0.2, 0) is 0 Å². The van der Waals surface area contributed by atoms with Crippen molar-refractivity contribution in [2.24, 2.45) is 5.84 Å². The summed E-state index contributed by atoms with van der Waals surface area (Å²) < 4.78 is 0. The molecule has 0 fully saturated rings. The number of carbonyl (C=O) groups is 1. The Bertz CT molecular complexity index is 244. The Balaban J connectivity index is 2.93. The Kier molecular flexibility index (Phi) is 2.03. The lowest BCUT2D eigenvalue weighted by molar-refractivity contribution is 0.0953. The molecular formula is C6H8N2OS. The van der Waals surface area contributed by atoms with Crippen LogP contribution in [0.4, 0.5) is 0 Å². The second-order valence-corrected chi connectivity index (χ2v) is 2.69. The zero-order valence-electron chi connectivity index (χ0n) is 5.55. The van der Waals surface area contributed by atoms with Crippen LogP contribution in [0.3, 0.4) is 0 Å². The highest BCUT2D eigenvalue weighted by molar-refractivity contribution is 7.08. The molecule has 0 aliphatic rings. The lowest BCUT2D eigenvalue weighted by atomic mass is 10.2. The van der Waals surface area contributed by atoms with Gasteiger partial charge in [0, 0.05) is 5.38 Å². The molecule has 0 aliphatic heterocycles. The summed E-state index contributed by atoms with van der Waals surface area (Å²) in [6, 6.07) is 0. The van der Waals surface area contributed by atoms with E-state index in [-0.39, 0.29) is 5.91 Å². The van der Waals surface area contributed by atoms with E-state index in [1.807, 2.05) is 12.3 Å². The third-order valence-corrected chi connectivity index (χ3v) is 2.09. The van der Waals surface area contributed by atoms with Gasteiger partial charge in [-0.05, 0) is 17.9 Å². The molecule has 0 aromatic carbocycles. The molecule has 0 atom stereocenters. The van der Waals surface area contributed by atoms with Crippen molar-refractivity contribution in [3.05, 3.63) is 21.9 Å². The van der Waals surface area contributed by atoms with Gasteiger partial charge in [-0.2, -0.15) is 11.3 Å². The molecule has 4 heteroatoms. The molecule has 0 saturated carbocycles. The van der Waals surface area contributed by atoms with Gasteiger partial charge in [0.25, 0.3) is 5.91 Å². The molecule has 3 nitrogen and oxygen atoms in total. The smallest absolute Gasteiger partial charge is 0.266 e. The fourth-order valence-electron chi connectivity index (χ4n) is 0.671. The number of nitrogens with two attached hydrogens (primary N) is 1. The first-order valence-electron chi connectivity index (χ1n) is 2.79. The monoisotopic (exact) mass is 156 g/mol. The summed E-state index contributed by atoms with van der Waals surface area (Å²) in [5.41, 5.74) is 3.70. The van der Waals surface area contributed by atoms with Crippen molar-refractivity contribution in [3.63, 3.8) is 0 Å². The third-order valence-electron chi connectivity index (χ3n) is 1.23. The summed E-state index contributed by atoms with van der Waals surface area (Å²) in [5, 5.41) is 3.68. The van der Waals surface area contributed by atoms with Gasteiger partial charge in [0.1, 0.15) is 0 Å². The molecule has 10 heavy (non-hydrogen) atoms. The minimum Gasteiger partial charge on any atom is -0.290 e. The van der Waals surface area contributed by atoms with Crippen LogP contribution in [0.2, 0.25) is 0 Å². The van der Waals surface area contributed by atoms with E-state index in [0.717, 1.165) is 5.56 Å². The van der Waals surface area contributed by atoms with Crippen molar-refractivity contribution < 1.29 is 4.79 Å². The van der Waals surface area contributed by atoms with Gasteiger partial charge in [-0.3, -0.25) is 10.2 Å². The number of thiophene rings is 1. The first kappa shape index (κ1) is 7.24. The zero-order chi connectivity index (χ0) is 7.56. The van der Waals surface area contributed by atoms with Crippen molar-refractivity contribution in [2.45, 2.75) is 6.92 Å². The lowest BCUT2D eigenvalue weighted by Gasteiger charge is -1.95. The number of hydrogen-bond donors (Lipinski definition) is 2. The van der Waals surface area contributed by atoms with Crippen molar-refractivity contribution in [1.82, 2.24) is 5.43 Å². The summed E-state index contributed by atoms with van der Waals surface area (Å²) in [6.07, 6.45) is 0. The van der Waals surface area contributed by atoms with Crippen molar-refractivity contribution in [3.8, 4) is 0 Å². The molecule has 0 saturated heterocycles. The van der Waals surface area contributed by atoms with E-state index in [2.05, 4.69) is 5.43 Å². The molecule has 1 heterocycles. The van der Waals surface area contributed by atoms with Crippen LogP contribution in [-0.4, -0.2) is 5.91 Å². The fraction of sp³-hybridized carbons (Fsp3) is 0.167. The first-order chi connectivity index (χ1) is 4.75. The highest BCUT2D eigenvalue weighted by atomic mass is 32.1. The summed E-state index contributed by atoms with van der Waals surface area (Å²) in [7, 11) is 0. The Morgan fingerprint density at radius 3 is 2.80 bits per heavy atom. The van der Waals surface area contributed by atoms with Crippen molar-refractivity contribution >= 4 is 17.2 Å². The molecule has 1 amide bonds. The number of nitrogen functional groups attached to an aromatic ring is 1. The molecule has 0 bridgehead atoms. The van der Waals surface area contributed by atoms with Gasteiger partial charge in [0.15, 0.2) is 0 Å². The number of hydrazine groups is 1. The van der Waals surface area contributed by atoms with Crippen molar-refractivity contribution in [2.75, 3.05) is 0 Å². The highest BCUT2D eigenvalue weighted by Gasteiger charge is 2.06. The molecule has 0 aliphatic carbocycles. The van der Waals surface area contributed by atoms with E-state index in [1.165, 1.54) is 11.3 Å². The minimum atomic E-state index is -0.223. The SMILES string of the molecule is Cc1cscc1C(=O)NN. The number of aryl methyl sites for hydroxylation is 1. The largest absolute Gasteiger partial charge is 0.290 e. The molecule has 54 valence electrons. The van der Waals surface area contributed by atoms with Gasteiger partial charge in [0.05, 0.1) is 5.56 Å². The molecule has 0 spiro atoms. The van der Waals surface area contributed by atoms with Crippen LogP contribution in [0.15, 0.2) is 10.8 Å². The Morgan fingerprint density at radius 1 is 1.70 bits per heavy atom. The number of rotatable bonds is 1. The van der Waals surface area contributed by atoms with Crippen LogP contribution in [0.1, 0.15) is 15.9 Å². The fourth-order valence-corrected chi connectivity index (χ4v) is 1.50. The highest BCUT2D eigenvalue weighted by Crippen LogP contribution is 2.12. The quantitative estimate of drug-likeness (QED) is 0.356. The topological polar surface area (TPSA) is 55.1 Å². The maximum Gasteiger partial charge on any atom is 0.266 e. The predicted molar refractivity (Wildman–Crippen MR) is 40.7 cm³/mol. The molecule has 3 N–H and O–H groups in total. The first-order valence-corrected chi connectivity index (χ1v) is 3.73. The zero-order valence-corrected chi connectivity index (χ0v) is 6.37. The second-order valence-electron chi connectivity index (χ2n) is 1.94. The average molecular weight is 156 g/mol. The number of nitrogens with one attached hydrogen (secondary N) is 1. The van der Waals surface area contributed by atoms with Gasteiger partial charge in [-0.25, -0.2) is 5.84 Å². The number of amides is 1. The normalized spacial score (nSPS) is 9.40. The van der Waals surface area contributed by atoms with Crippen LogP contribution in [0.25, 0.3) is 0 Å². The molecule has 0 unspecified atom stereocenters. The van der Waals surface area contributed by atoms with Crippen LogP contribution in [0.5, 0.6) is 0 Å². The van der Waals surface area contributed by atoms with E-state index in [9.17, 15) is 4.79 Å². The summed E-state index contributed by atoms with van der Waals surface area (Å²) in [4.78, 5) is 10.9. The van der Waals surface area contributed by atoms with Gasteiger partial charge in [-0.15, -0.1) is 0 Å². The van der Waals surface area contributed by atoms with Crippen LogP contribution < -0.4 is 11.3 Å². The Morgan fingerprint density at radius 2 is 2.40 bits per heavy atom. The van der Waals surface area contributed by atoms with Gasteiger partial charge < -0.3 is 0 Å². The maximum atomic E-state index is 10.9. The number of carbonyl (C=O) groups excluding carboxylic acids is 1. The third kappa shape index (κ3) is 1.17. The Hall–Kier alpha value is -0.870. The molecular weight excluding hydrogens is 148 g/mol. The van der Waals surface area contributed by atoms with E-state index < -0.39 is 0 Å². The predicted octanol–water partition coefficient (Wildman–Crippen LogP) is 0.660. The van der Waals surface area contributed by atoms with Gasteiger partial charge in [-0.1, -0.05) is 0 Å². The molecule has 0 radical (unpaired) electrons. The maximum absolute atomic E-state index is 10.9. The lowest BCUT2D eigenvalue weighted by Crippen LogP contribution is -2.30. The average Bonchev–Trinajstić information content (AvgIpc) is 2.34.